The molecule has 5 heteroatoms. The third-order valence-corrected chi connectivity index (χ3v) is 4.14. The first kappa shape index (κ1) is 16.7. The number of hydrogen-bond donors (Lipinski definition) is 2. The molecule has 0 atom stereocenters. The lowest BCUT2D eigenvalue weighted by Crippen LogP contribution is -2.28. The van der Waals surface area contributed by atoms with Gasteiger partial charge < -0.3 is 5.11 Å². The summed E-state index contributed by atoms with van der Waals surface area (Å²) >= 11 is 0. The molecule has 20 heavy (non-hydrogen) atoms. The van der Waals surface area contributed by atoms with Crippen LogP contribution in [0.15, 0.2) is 24.3 Å². The third kappa shape index (κ3) is 6.71. The van der Waals surface area contributed by atoms with Crippen molar-refractivity contribution >= 4 is 10.0 Å². The van der Waals surface area contributed by atoms with Gasteiger partial charge in [0, 0.05) is 18.5 Å². The first-order chi connectivity index (χ1) is 9.43. The minimum atomic E-state index is -3.23. The molecule has 0 aromatic heterocycles. The van der Waals surface area contributed by atoms with Crippen LogP contribution in [0.25, 0.3) is 0 Å². The van der Waals surface area contributed by atoms with E-state index in [1.807, 2.05) is 38.1 Å². The fourth-order valence-corrected chi connectivity index (χ4v) is 3.05. The van der Waals surface area contributed by atoms with Crippen molar-refractivity contribution in [3.63, 3.8) is 0 Å². The number of nitrogens with one attached hydrogen (secondary N) is 1. The van der Waals surface area contributed by atoms with E-state index in [4.69, 9.17) is 5.11 Å². The molecular formula is C15H21NO3S. The second-order valence-corrected chi connectivity index (χ2v) is 6.82. The molecular weight excluding hydrogens is 274 g/mol. The first-order valence-electron chi connectivity index (χ1n) is 6.59. The largest absolute Gasteiger partial charge is 0.395 e. The molecule has 0 fully saturated rings. The zero-order valence-electron chi connectivity index (χ0n) is 11.9. The van der Waals surface area contributed by atoms with Crippen molar-refractivity contribution in [3.05, 3.63) is 35.4 Å². The van der Waals surface area contributed by atoms with Crippen LogP contribution in [0, 0.1) is 17.8 Å². The van der Waals surface area contributed by atoms with Gasteiger partial charge in [0.25, 0.3) is 0 Å². The van der Waals surface area contributed by atoms with Gasteiger partial charge in [-0.3, -0.25) is 0 Å². The zero-order valence-corrected chi connectivity index (χ0v) is 12.7. The molecule has 0 aliphatic carbocycles. The van der Waals surface area contributed by atoms with Gasteiger partial charge in [0.2, 0.25) is 10.0 Å². The maximum atomic E-state index is 11.7. The summed E-state index contributed by atoms with van der Waals surface area (Å²) < 4.78 is 26.1. The number of hydrogen-bond acceptors (Lipinski definition) is 3. The number of rotatable bonds is 6. The Balaban J connectivity index is 2.66. The highest BCUT2D eigenvalue weighted by molar-refractivity contribution is 7.89. The molecule has 2 N–H and O–H groups in total. The summed E-state index contributed by atoms with van der Waals surface area (Å²) in [6.07, 6.45) is 0.436. The van der Waals surface area contributed by atoms with Gasteiger partial charge in [-0.25, -0.2) is 13.1 Å². The van der Waals surface area contributed by atoms with Crippen LogP contribution in [0.5, 0.6) is 0 Å². The van der Waals surface area contributed by atoms with Crippen LogP contribution in [0.3, 0.4) is 0 Å². The number of sulfonamides is 1. The molecule has 0 unspecified atom stereocenters. The van der Waals surface area contributed by atoms with E-state index in [0.29, 0.717) is 6.42 Å². The Hall–Kier alpha value is -1.35. The number of aliphatic hydroxyl groups excluding tert-OH is 1. The molecule has 0 saturated carbocycles. The van der Waals surface area contributed by atoms with Crippen LogP contribution in [-0.4, -0.2) is 25.9 Å². The minimum absolute atomic E-state index is 0.0433. The predicted octanol–water partition coefficient (Wildman–Crippen LogP) is 1.50. The van der Waals surface area contributed by atoms with Gasteiger partial charge in [-0.1, -0.05) is 37.8 Å². The van der Waals surface area contributed by atoms with Crippen molar-refractivity contribution in [3.8, 4) is 11.8 Å². The van der Waals surface area contributed by atoms with Crippen LogP contribution in [0.4, 0.5) is 0 Å². The SMILES string of the molecule is CC(C)CS(=O)(=O)NCc1cccc(C#CCCO)c1. The Bertz CT molecular complexity index is 583. The van der Waals surface area contributed by atoms with E-state index in [-0.39, 0.29) is 24.8 Å². The van der Waals surface area contributed by atoms with Crippen LogP contribution < -0.4 is 4.72 Å². The third-order valence-electron chi connectivity index (χ3n) is 2.45. The first-order valence-corrected chi connectivity index (χ1v) is 8.24. The number of aliphatic hydroxyl groups is 1. The smallest absolute Gasteiger partial charge is 0.212 e. The van der Waals surface area contributed by atoms with Gasteiger partial charge in [0.05, 0.1) is 12.4 Å². The maximum absolute atomic E-state index is 11.7. The molecule has 0 spiro atoms. The van der Waals surface area contributed by atoms with Gasteiger partial charge in [0.1, 0.15) is 0 Å². The Morgan fingerprint density at radius 2 is 2.10 bits per heavy atom. The molecule has 4 nitrogen and oxygen atoms in total. The fraction of sp³-hybridized carbons (Fsp3) is 0.467. The monoisotopic (exact) mass is 295 g/mol. The van der Waals surface area contributed by atoms with E-state index in [2.05, 4.69) is 16.6 Å². The fourth-order valence-electron chi connectivity index (χ4n) is 1.67. The highest BCUT2D eigenvalue weighted by Gasteiger charge is 2.12. The Labute approximate surface area is 121 Å². The molecule has 0 bridgehead atoms. The summed E-state index contributed by atoms with van der Waals surface area (Å²) in [5.74, 6) is 5.99. The van der Waals surface area contributed by atoms with Crippen molar-refractivity contribution in [2.45, 2.75) is 26.8 Å². The highest BCUT2D eigenvalue weighted by Crippen LogP contribution is 2.05. The molecule has 0 heterocycles. The lowest BCUT2D eigenvalue weighted by atomic mass is 10.1. The average molecular weight is 295 g/mol. The van der Waals surface area contributed by atoms with Crippen LogP contribution in [-0.2, 0) is 16.6 Å². The number of benzene rings is 1. The van der Waals surface area contributed by atoms with Gasteiger partial charge in [-0.05, 0) is 23.6 Å². The molecule has 0 saturated heterocycles. The molecule has 0 amide bonds. The van der Waals surface area contributed by atoms with E-state index in [1.165, 1.54) is 0 Å². The molecule has 1 aromatic rings. The Morgan fingerprint density at radius 3 is 2.75 bits per heavy atom. The second-order valence-electron chi connectivity index (χ2n) is 4.97. The van der Waals surface area contributed by atoms with E-state index >= 15 is 0 Å². The van der Waals surface area contributed by atoms with Crippen molar-refractivity contribution < 1.29 is 13.5 Å². The lowest BCUT2D eigenvalue weighted by molar-refractivity contribution is 0.305. The molecule has 0 aliphatic heterocycles. The van der Waals surface area contributed by atoms with Crippen molar-refractivity contribution in [1.82, 2.24) is 4.72 Å². The summed E-state index contributed by atoms with van der Waals surface area (Å²) in [5, 5.41) is 8.67. The van der Waals surface area contributed by atoms with E-state index < -0.39 is 10.0 Å². The zero-order chi connectivity index (χ0) is 15.0. The lowest BCUT2D eigenvalue weighted by Gasteiger charge is -2.09. The molecule has 1 aromatic carbocycles. The maximum Gasteiger partial charge on any atom is 0.212 e. The summed E-state index contributed by atoms with van der Waals surface area (Å²) in [5.41, 5.74) is 1.69. The van der Waals surface area contributed by atoms with Crippen LogP contribution >= 0.6 is 0 Å². The molecule has 110 valence electrons. The molecule has 0 aliphatic rings. The van der Waals surface area contributed by atoms with Crippen molar-refractivity contribution in [1.29, 1.82) is 0 Å². The van der Waals surface area contributed by atoms with E-state index in [9.17, 15) is 8.42 Å². The van der Waals surface area contributed by atoms with E-state index in [1.54, 1.807) is 0 Å². The summed E-state index contributed by atoms with van der Waals surface area (Å²) in [6.45, 7) is 4.06. The normalized spacial score (nSPS) is 11.2. The Kier molecular flexibility index (Phi) is 6.73. The summed E-state index contributed by atoms with van der Waals surface area (Å²) in [6, 6.07) is 7.41. The van der Waals surface area contributed by atoms with Crippen LogP contribution in [0.1, 0.15) is 31.4 Å². The topological polar surface area (TPSA) is 66.4 Å². The molecule has 1 rings (SSSR count). The quantitative estimate of drug-likeness (QED) is 0.782. The second kappa shape index (κ2) is 8.05. The summed E-state index contributed by atoms with van der Waals surface area (Å²) in [4.78, 5) is 0. The minimum Gasteiger partial charge on any atom is -0.395 e. The van der Waals surface area contributed by atoms with Gasteiger partial charge >= 0.3 is 0 Å². The predicted molar refractivity (Wildman–Crippen MR) is 80.5 cm³/mol. The average Bonchev–Trinajstić information content (AvgIpc) is 2.36. The summed E-state index contributed by atoms with van der Waals surface area (Å²) in [7, 11) is -3.23. The van der Waals surface area contributed by atoms with Crippen molar-refractivity contribution in [2.24, 2.45) is 5.92 Å². The highest BCUT2D eigenvalue weighted by atomic mass is 32.2. The van der Waals surface area contributed by atoms with Gasteiger partial charge in [-0.2, -0.15) is 0 Å². The van der Waals surface area contributed by atoms with Crippen molar-refractivity contribution in [2.75, 3.05) is 12.4 Å². The standard InChI is InChI=1S/C15H21NO3S/c1-13(2)12-20(18,19)16-11-15-8-5-7-14(10-15)6-3-4-9-17/h5,7-8,10,13,16-17H,4,9,11-12H2,1-2H3. The van der Waals surface area contributed by atoms with E-state index in [0.717, 1.165) is 11.1 Å². The van der Waals surface area contributed by atoms with Crippen LogP contribution in [0.2, 0.25) is 0 Å². The van der Waals surface area contributed by atoms with Gasteiger partial charge in [-0.15, -0.1) is 0 Å². The Morgan fingerprint density at radius 1 is 1.35 bits per heavy atom. The van der Waals surface area contributed by atoms with Gasteiger partial charge in [0.15, 0.2) is 0 Å². The molecule has 0 radical (unpaired) electrons.